The third kappa shape index (κ3) is 26.9. The summed E-state index contributed by atoms with van der Waals surface area (Å²) in [4.78, 5) is 153. The van der Waals surface area contributed by atoms with Crippen molar-refractivity contribution in [2.75, 3.05) is 39.3 Å². The smallest absolute Gasteiger partial charge is 0.245 e. The summed E-state index contributed by atoms with van der Waals surface area (Å²) in [7, 11) is 0. The standard InChI is InChI=1S/C55H96N16O14/c1-6-30(2)12-10-11-15-43(75)62-35(16-22-56)50(80)71-45(33(5)74)55(85)67-38(19-25-59)47(77)66-40-21-27-61-54(84)44(32(4)73)70-51(81)39(20-26-60)64-46(76)36(17-23-57)65-52(82)41(28-31(3)72)68-53(83)42(29-34-13-8-7-9-14-34)69-48(78)37(18-24-58)63-49(40)79/h7-9,13-14,30-33,35-42,44-45,72-74H,6,10-12,15-29,56-60H2,1-5H3,(H,61,84)(H,62,75)(H,63,79)(H,64,76)(H,65,82)(H,66,77)(H,67,85)(H,68,83)(H,69,78)(H,70,81)(H,71,80)/t30?,31?,32-,33-,35+,36+,37+,38+,39+,40+,41+,42-,44+,45+/m1/s1. The van der Waals surface area contributed by atoms with Gasteiger partial charge in [-0.1, -0.05) is 63.4 Å². The van der Waals surface area contributed by atoms with Gasteiger partial charge >= 0.3 is 0 Å². The Morgan fingerprint density at radius 1 is 0.565 bits per heavy atom. The summed E-state index contributed by atoms with van der Waals surface area (Å²) in [5.74, 6) is -9.75. The molecule has 11 amide bonds. The molecule has 1 saturated heterocycles. The molecule has 1 fully saturated rings. The number of benzene rings is 1. The number of hydrogen-bond donors (Lipinski definition) is 19. The van der Waals surface area contributed by atoms with E-state index in [2.05, 4.69) is 72.3 Å². The molecule has 0 bridgehead atoms. The van der Waals surface area contributed by atoms with Crippen LogP contribution < -0.4 is 87.2 Å². The zero-order valence-corrected chi connectivity index (χ0v) is 49.6. The lowest BCUT2D eigenvalue weighted by Gasteiger charge is -2.29. The van der Waals surface area contributed by atoms with Gasteiger partial charge in [-0.05, 0) is 110 Å². The summed E-state index contributed by atoms with van der Waals surface area (Å²) in [6.07, 6.45) is -3.00. The van der Waals surface area contributed by atoms with E-state index in [1.165, 1.54) is 20.8 Å². The summed E-state index contributed by atoms with van der Waals surface area (Å²) >= 11 is 0. The van der Waals surface area contributed by atoms with Gasteiger partial charge in [0.1, 0.15) is 60.4 Å². The SMILES string of the molecule is CCC(C)CCCCC(=O)N[C@@H](CCN)C(=O)N[C@H](C(=O)N[C@@H](CCN)C(=O)N[C@H]1CCNC(=O)[C@H]([C@@H](C)O)NC(=O)[C@H](CCN)NC(=O)[C@H](CCN)NC(=O)[C@H](CC(C)O)NC(=O)[C@@H](Cc2ccccc2)NC(=O)[C@H](CCN)NC1=O)[C@@H](C)O. The molecule has 0 spiro atoms. The maximum absolute atomic E-state index is 14.5. The van der Waals surface area contributed by atoms with Crippen LogP contribution in [0, 0.1) is 5.92 Å². The van der Waals surface area contributed by atoms with Gasteiger partial charge < -0.3 is 102 Å². The number of nitrogens with two attached hydrogens (primary N) is 5. The Morgan fingerprint density at radius 2 is 1.06 bits per heavy atom. The highest BCUT2D eigenvalue weighted by atomic mass is 16.3. The minimum absolute atomic E-state index is 0.0248. The summed E-state index contributed by atoms with van der Waals surface area (Å²) in [5, 5.41) is 59.6. The highest BCUT2D eigenvalue weighted by Gasteiger charge is 2.37. The average Bonchev–Trinajstić information content (AvgIpc) is 3.67. The maximum Gasteiger partial charge on any atom is 0.245 e. The monoisotopic (exact) mass is 1200 g/mol. The van der Waals surface area contributed by atoms with Gasteiger partial charge in [0.15, 0.2) is 0 Å². The fourth-order valence-electron chi connectivity index (χ4n) is 8.99. The molecule has 1 aliphatic heterocycles. The molecule has 0 aliphatic carbocycles. The second-order valence-corrected chi connectivity index (χ2v) is 21.5. The van der Waals surface area contributed by atoms with Gasteiger partial charge in [-0.3, -0.25) is 52.7 Å². The Kier molecular flexibility index (Phi) is 34.6. The number of aliphatic hydroxyl groups excluding tert-OH is 3. The average molecular weight is 1210 g/mol. The van der Waals surface area contributed by atoms with Crippen LogP contribution in [0.25, 0.3) is 0 Å². The van der Waals surface area contributed by atoms with E-state index < -0.39 is 163 Å². The number of amides is 11. The van der Waals surface area contributed by atoms with E-state index in [0.29, 0.717) is 17.9 Å². The molecule has 1 aliphatic rings. The topological polar surface area (TPSA) is 511 Å². The van der Waals surface area contributed by atoms with Crippen molar-refractivity contribution < 1.29 is 68.1 Å². The van der Waals surface area contributed by atoms with Gasteiger partial charge in [0.05, 0.1) is 18.3 Å². The molecule has 0 saturated carbocycles. The quantitative estimate of drug-likeness (QED) is 0.0332. The number of carbonyl (C=O) groups excluding carboxylic acids is 11. The number of rotatable bonds is 29. The molecule has 2 unspecified atom stereocenters. The van der Waals surface area contributed by atoms with Crippen molar-refractivity contribution in [3.8, 4) is 0 Å². The van der Waals surface area contributed by atoms with Crippen LogP contribution in [0.3, 0.4) is 0 Å². The highest BCUT2D eigenvalue weighted by molar-refractivity contribution is 5.99. The van der Waals surface area contributed by atoms with E-state index in [-0.39, 0.29) is 77.7 Å². The Labute approximate surface area is 496 Å². The number of nitrogens with one attached hydrogen (secondary N) is 11. The fraction of sp³-hybridized carbons (Fsp3) is 0.691. The van der Waals surface area contributed by atoms with E-state index in [1.807, 2.05) is 0 Å². The molecule has 30 nitrogen and oxygen atoms in total. The molecule has 85 heavy (non-hydrogen) atoms. The zero-order valence-electron chi connectivity index (χ0n) is 49.6. The number of hydrogen-bond acceptors (Lipinski definition) is 19. The van der Waals surface area contributed by atoms with Crippen molar-refractivity contribution in [1.82, 2.24) is 58.5 Å². The molecule has 24 N–H and O–H groups in total. The summed E-state index contributed by atoms with van der Waals surface area (Å²) in [5.41, 5.74) is 29.8. The minimum atomic E-state index is -1.71. The molecule has 1 heterocycles. The van der Waals surface area contributed by atoms with Gasteiger partial charge in [-0.15, -0.1) is 0 Å². The largest absolute Gasteiger partial charge is 0.393 e. The van der Waals surface area contributed by atoms with Crippen molar-refractivity contribution in [2.45, 2.75) is 197 Å². The lowest BCUT2D eigenvalue weighted by molar-refractivity contribution is -0.137. The summed E-state index contributed by atoms with van der Waals surface area (Å²) in [6.45, 7) is 6.60. The van der Waals surface area contributed by atoms with Crippen molar-refractivity contribution in [3.05, 3.63) is 35.9 Å². The Balaban J connectivity index is 2.67. The van der Waals surface area contributed by atoms with Crippen LogP contribution in [0.2, 0.25) is 0 Å². The van der Waals surface area contributed by atoms with E-state index in [1.54, 1.807) is 30.3 Å². The summed E-state index contributed by atoms with van der Waals surface area (Å²) in [6, 6.07) is -6.98. The second-order valence-electron chi connectivity index (χ2n) is 21.5. The maximum atomic E-state index is 14.5. The van der Waals surface area contributed by atoms with Crippen molar-refractivity contribution in [3.63, 3.8) is 0 Å². The Hall–Kier alpha value is -6.93. The van der Waals surface area contributed by atoms with Crippen LogP contribution in [0.15, 0.2) is 30.3 Å². The van der Waals surface area contributed by atoms with Crippen LogP contribution in [-0.2, 0) is 59.2 Å². The van der Waals surface area contributed by atoms with Crippen molar-refractivity contribution in [1.29, 1.82) is 0 Å². The molecule has 0 aromatic heterocycles. The lowest BCUT2D eigenvalue weighted by Crippen LogP contribution is -2.62. The van der Waals surface area contributed by atoms with Crippen molar-refractivity contribution >= 4 is 65.0 Å². The molecule has 1 aromatic rings. The normalized spacial score (nSPS) is 23.2. The number of unbranched alkanes of at least 4 members (excludes halogenated alkanes) is 1. The lowest BCUT2D eigenvalue weighted by atomic mass is 10.0. The van der Waals surface area contributed by atoms with Crippen LogP contribution in [0.5, 0.6) is 0 Å². The second kappa shape index (κ2) is 39.6. The van der Waals surface area contributed by atoms with E-state index in [4.69, 9.17) is 28.7 Å². The molecule has 14 atom stereocenters. The van der Waals surface area contributed by atoms with Crippen molar-refractivity contribution in [2.24, 2.45) is 34.6 Å². The molecule has 0 radical (unpaired) electrons. The zero-order chi connectivity index (χ0) is 63.8. The van der Waals surface area contributed by atoms with Gasteiger partial charge in [-0.2, -0.15) is 0 Å². The number of carbonyl (C=O) groups is 11. The van der Waals surface area contributed by atoms with E-state index in [9.17, 15) is 68.1 Å². The van der Waals surface area contributed by atoms with E-state index in [0.717, 1.165) is 19.3 Å². The first-order chi connectivity index (χ1) is 40.3. The third-order valence-electron chi connectivity index (χ3n) is 14.1. The van der Waals surface area contributed by atoms with Crippen LogP contribution in [0.4, 0.5) is 0 Å². The number of aliphatic hydroxyl groups is 3. The first-order valence-electron chi connectivity index (χ1n) is 29.2. The molecule has 30 heteroatoms. The van der Waals surface area contributed by atoms with Crippen LogP contribution in [-0.4, -0.2) is 198 Å². The van der Waals surface area contributed by atoms with Gasteiger partial charge in [0.25, 0.3) is 0 Å². The summed E-state index contributed by atoms with van der Waals surface area (Å²) < 4.78 is 0. The first-order valence-corrected chi connectivity index (χ1v) is 29.2. The molecule has 2 rings (SSSR count). The van der Waals surface area contributed by atoms with Gasteiger partial charge in [0, 0.05) is 25.8 Å². The predicted molar refractivity (Wildman–Crippen MR) is 313 cm³/mol. The fourth-order valence-corrected chi connectivity index (χ4v) is 8.99. The molecular weight excluding hydrogens is 1110 g/mol. The van der Waals surface area contributed by atoms with Crippen LogP contribution >= 0.6 is 0 Å². The van der Waals surface area contributed by atoms with Gasteiger partial charge in [0.2, 0.25) is 65.0 Å². The Bertz CT molecular complexity index is 2320. The highest BCUT2D eigenvalue weighted by Crippen LogP contribution is 2.13. The minimum Gasteiger partial charge on any atom is -0.393 e. The van der Waals surface area contributed by atoms with Crippen LogP contribution in [0.1, 0.15) is 117 Å². The first kappa shape index (κ1) is 74.2. The van der Waals surface area contributed by atoms with E-state index >= 15 is 0 Å². The van der Waals surface area contributed by atoms with Gasteiger partial charge in [-0.25, -0.2) is 0 Å². The molecule has 1 aromatic carbocycles. The Morgan fingerprint density at radius 3 is 1.56 bits per heavy atom. The molecular formula is C55H96N16O14. The predicted octanol–water partition coefficient (Wildman–Crippen LogP) is -6.52. The third-order valence-corrected chi connectivity index (χ3v) is 14.1. The molecule has 480 valence electrons.